The number of hydrogen-bond donors (Lipinski definition) is 0. The second-order valence-corrected chi connectivity index (χ2v) is 21.6. The molecular weight excluding hydrogens is 1020 g/mol. The summed E-state index contributed by atoms with van der Waals surface area (Å²) in [5.41, 5.74) is 0. The first-order chi connectivity index (χ1) is 41.0. The van der Waals surface area contributed by atoms with E-state index < -0.39 is 6.10 Å². The fourth-order valence-corrected chi connectivity index (χ4v) is 8.72. The average molecular weight is 1140 g/mol. The minimum absolute atomic E-state index is 0.113. The van der Waals surface area contributed by atoms with Gasteiger partial charge in [0, 0.05) is 19.3 Å². The third-order valence-electron chi connectivity index (χ3n) is 13.7. The van der Waals surface area contributed by atoms with Crippen molar-refractivity contribution in [2.45, 2.75) is 284 Å². The van der Waals surface area contributed by atoms with Crippen molar-refractivity contribution >= 4 is 17.9 Å². The lowest BCUT2D eigenvalue weighted by molar-refractivity contribution is -0.167. The summed E-state index contributed by atoms with van der Waals surface area (Å²) >= 11 is 0. The van der Waals surface area contributed by atoms with Gasteiger partial charge >= 0.3 is 17.9 Å². The highest BCUT2D eigenvalue weighted by molar-refractivity contribution is 5.71. The zero-order valence-corrected chi connectivity index (χ0v) is 53.4. The third kappa shape index (κ3) is 67.4. The molecule has 0 aromatic rings. The molecule has 6 nitrogen and oxygen atoms in total. The maximum absolute atomic E-state index is 12.9. The van der Waals surface area contributed by atoms with Crippen LogP contribution in [0.25, 0.3) is 0 Å². The number of carbonyl (C=O) groups is 3. The van der Waals surface area contributed by atoms with E-state index in [0.717, 1.165) is 148 Å². The Balaban J connectivity index is 4.36. The predicted octanol–water partition coefficient (Wildman–Crippen LogP) is 23.4. The molecule has 0 aliphatic heterocycles. The lowest BCUT2D eigenvalue weighted by Gasteiger charge is -2.18. The fourth-order valence-electron chi connectivity index (χ4n) is 8.72. The molecule has 0 spiro atoms. The number of allylic oxidation sites excluding steroid dienone is 28. The lowest BCUT2D eigenvalue weighted by atomic mass is 10.0. The Hall–Kier alpha value is -5.23. The summed E-state index contributed by atoms with van der Waals surface area (Å²) in [6.07, 6.45) is 102. The van der Waals surface area contributed by atoms with Gasteiger partial charge in [0.25, 0.3) is 0 Å². The second-order valence-electron chi connectivity index (χ2n) is 21.6. The van der Waals surface area contributed by atoms with Gasteiger partial charge in [-0.1, -0.05) is 281 Å². The van der Waals surface area contributed by atoms with Crippen LogP contribution in [0.1, 0.15) is 278 Å². The number of rotatable bonds is 59. The largest absolute Gasteiger partial charge is 0.462 e. The van der Waals surface area contributed by atoms with Crippen molar-refractivity contribution in [1.29, 1.82) is 0 Å². The van der Waals surface area contributed by atoms with E-state index in [1.165, 1.54) is 83.5 Å². The maximum atomic E-state index is 12.9. The minimum atomic E-state index is -0.824. The second kappa shape index (κ2) is 69.3. The molecule has 0 aromatic carbocycles. The molecule has 0 aromatic heterocycles. The Bertz CT molecular complexity index is 1890. The molecule has 0 radical (unpaired) electrons. The quantitative estimate of drug-likeness (QED) is 0.0261. The van der Waals surface area contributed by atoms with Gasteiger partial charge in [-0.15, -0.1) is 0 Å². The van der Waals surface area contributed by atoms with E-state index in [-0.39, 0.29) is 37.5 Å². The van der Waals surface area contributed by atoms with E-state index in [0.29, 0.717) is 19.3 Å². The van der Waals surface area contributed by atoms with Crippen molar-refractivity contribution in [3.05, 3.63) is 170 Å². The molecule has 0 rings (SSSR count). The Kier molecular flexibility index (Phi) is 64.9. The Morgan fingerprint density at radius 2 is 0.482 bits per heavy atom. The summed E-state index contributed by atoms with van der Waals surface area (Å²) in [4.78, 5) is 38.3. The van der Waals surface area contributed by atoms with Gasteiger partial charge in [0.05, 0.1) is 0 Å². The van der Waals surface area contributed by atoms with Crippen LogP contribution in [0, 0.1) is 0 Å². The average Bonchev–Trinajstić information content (AvgIpc) is 3.49. The van der Waals surface area contributed by atoms with Crippen LogP contribution in [0.4, 0.5) is 0 Å². The van der Waals surface area contributed by atoms with Crippen molar-refractivity contribution < 1.29 is 28.6 Å². The van der Waals surface area contributed by atoms with E-state index in [9.17, 15) is 14.4 Å². The van der Waals surface area contributed by atoms with Gasteiger partial charge in [0.1, 0.15) is 13.2 Å². The van der Waals surface area contributed by atoms with E-state index in [4.69, 9.17) is 14.2 Å². The molecule has 0 aliphatic rings. The fraction of sp³-hybridized carbons (Fsp3) is 0.597. The SMILES string of the molecule is CC/C=C\C/C=C\C/C=C\C/C=C\C/C=C\C/C=C\C/C=C\CCCCCCCCCCCCCC(=O)OCC(COC(=O)CCCCCCC/C=C\C/C=C\CCCCC)OC(=O)CCC/C=C\C/C=C\C/C=C\C/C=C\C/C=C\CC. The smallest absolute Gasteiger partial charge is 0.306 e. The van der Waals surface area contributed by atoms with Gasteiger partial charge in [-0.3, -0.25) is 14.4 Å². The highest BCUT2D eigenvalue weighted by Crippen LogP contribution is 2.15. The molecule has 1 unspecified atom stereocenters. The Morgan fingerprint density at radius 3 is 0.771 bits per heavy atom. The molecule has 0 aliphatic carbocycles. The first kappa shape index (κ1) is 77.8. The molecular formula is C77H122O6. The first-order valence-electron chi connectivity index (χ1n) is 33.6. The van der Waals surface area contributed by atoms with Crippen LogP contribution < -0.4 is 0 Å². The van der Waals surface area contributed by atoms with Gasteiger partial charge in [-0.05, 0) is 148 Å². The van der Waals surface area contributed by atoms with Crippen molar-refractivity contribution in [3.8, 4) is 0 Å². The van der Waals surface area contributed by atoms with Crippen LogP contribution in [0.15, 0.2) is 170 Å². The van der Waals surface area contributed by atoms with E-state index in [2.05, 4.69) is 191 Å². The predicted molar refractivity (Wildman–Crippen MR) is 361 cm³/mol. The molecule has 0 bridgehead atoms. The normalized spacial score (nSPS) is 13.2. The molecule has 1 atom stereocenters. The van der Waals surface area contributed by atoms with Crippen molar-refractivity contribution in [2.75, 3.05) is 13.2 Å². The molecule has 0 saturated carbocycles. The molecule has 0 heterocycles. The van der Waals surface area contributed by atoms with E-state index in [1.54, 1.807) is 0 Å². The topological polar surface area (TPSA) is 78.9 Å². The molecule has 83 heavy (non-hydrogen) atoms. The number of ether oxygens (including phenoxy) is 3. The molecule has 0 amide bonds. The Morgan fingerprint density at radius 1 is 0.253 bits per heavy atom. The van der Waals surface area contributed by atoms with Gasteiger partial charge in [-0.2, -0.15) is 0 Å². The number of esters is 3. The summed E-state index contributed by atoms with van der Waals surface area (Å²) in [6, 6.07) is 0. The van der Waals surface area contributed by atoms with Crippen LogP contribution >= 0.6 is 0 Å². The van der Waals surface area contributed by atoms with E-state index >= 15 is 0 Å². The highest BCUT2D eigenvalue weighted by atomic mass is 16.6. The van der Waals surface area contributed by atoms with Crippen LogP contribution in [0.2, 0.25) is 0 Å². The Labute approximate surface area is 511 Å². The number of carbonyl (C=O) groups excluding carboxylic acids is 3. The minimum Gasteiger partial charge on any atom is -0.462 e. The van der Waals surface area contributed by atoms with Gasteiger partial charge < -0.3 is 14.2 Å². The standard InChI is InChI=1S/C77H122O6/c1-4-7-10-13-16-19-22-25-28-30-31-32-33-34-35-36-37-38-39-40-41-42-43-44-45-47-49-52-55-58-61-64-67-70-76(79)82-73-74(72-81-75(78)69-66-63-60-57-54-51-48-27-24-21-18-15-12-9-6-3)83-77(80)71-68-65-62-59-56-53-50-46-29-26-23-20-17-14-11-8-5-2/h7-8,10-11,16-21,25-29,31-32,34-35,37-38,40-41,48,50,53,59,62,74H,4-6,9,12-15,22-24,30,33,36,39,42-47,49,51-52,54-58,60-61,63-73H2,1-3H3/b10-7-,11-8-,19-16-,20-17-,21-18-,28-25-,29-26-,32-31-,35-34-,38-37-,41-40-,48-27-,53-50-,62-59-. The van der Waals surface area contributed by atoms with E-state index in [1.807, 2.05) is 0 Å². The summed E-state index contributed by atoms with van der Waals surface area (Å²) in [7, 11) is 0. The third-order valence-corrected chi connectivity index (χ3v) is 13.7. The first-order valence-corrected chi connectivity index (χ1v) is 33.6. The van der Waals surface area contributed by atoms with Crippen LogP contribution in [0.3, 0.4) is 0 Å². The summed E-state index contributed by atoms with van der Waals surface area (Å²) in [6.45, 7) is 6.32. The highest BCUT2D eigenvalue weighted by Gasteiger charge is 2.19. The molecule has 0 saturated heterocycles. The van der Waals surface area contributed by atoms with Gasteiger partial charge in [0.15, 0.2) is 6.10 Å². The van der Waals surface area contributed by atoms with Crippen LogP contribution in [0.5, 0.6) is 0 Å². The molecule has 6 heteroatoms. The monoisotopic (exact) mass is 1140 g/mol. The summed E-state index contributed by atoms with van der Waals surface area (Å²) in [5.74, 6) is -0.991. The number of hydrogen-bond acceptors (Lipinski definition) is 6. The molecule has 0 N–H and O–H groups in total. The van der Waals surface area contributed by atoms with Crippen LogP contribution in [-0.4, -0.2) is 37.2 Å². The van der Waals surface area contributed by atoms with Crippen molar-refractivity contribution in [3.63, 3.8) is 0 Å². The van der Waals surface area contributed by atoms with Crippen molar-refractivity contribution in [2.24, 2.45) is 0 Å². The zero-order valence-electron chi connectivity index (χ0n) is 53.4. The maximum Gasteiger partial charge on any atom is 0.306 e. The molecule has 466 valence electrons. The summed E-state index contributed by atoms with van der Waals surface area (Å²) in [5, 5.41) is 0. The van der Waals surface area contributed by atoms with Gasteiger partial charge in [0.2, 0.25) is 0 Å². The zero-order chi connectivity index (χ0) is 59.9. The van der Waals surface area contributed by atoms with Crippen molar-refractivity contribution in [1.82, 2.24) is 0 Å². The van der Waals surface area contributed by atoms with Gasteiger partial charge in [-0.25, -0.2) is 0 Å². The lowest BCUT2D eigenvalue weighted by Crippen LogP contribution is -2.30. The number of unbranched alkanes of at least 4 members (excludes halogenated alkanes) is 20. The summed E-state index contributed by atoms with van der Waals surface area (Å²) < 4.78 is 16.9. The molecule has 0 fully saturated rings. The van der Waals surface area contributed by atoms with Crippen LogP contribution in [-0.2, 0) is 28.6 Å².